The third-order valence-electron chi connectivity index (χ3n) is 6.14. The molecule has 1 fully saturated rings. The van der Waals surface area contributed by atoms with Crippen LogP contribution in [0, 0.1) is 12.8 Å². The molecule has 158 valence electrons. The summed E-state index contributed by atoms with van der Waals surface area (Å²) in [6.45, 7) is 2.31. The second-order valence-corrected chi connectivity index (χ2v) is 8.46. The van der Waals surface area contributed by atoms with Gasteiger partial charge in [0.25, 0.3) is 11.5 Å². The van der Waals surface area contributed by atoms with Crippen LogP contribution in [-0.4, -0.2) is 27.2 Å². The number of nitrogens with one attached hydrogen (secondary N) is 1. The highest BCUT2D eigenvalue weighted by Gasteiger charge is 2.30. The summed E-state index contributed by atoms with van der Waals surface area (Å²) >= 11 is 6.50. The molecule has 7 nitrogen and oxygen atoms in total. The quantitative estimate of drug-likeness (QED) is 0.516. The third kappa shape index (κ3) is 3.39. The van der Waals surface area contributed by atoms with Crippen molar-refractivity contribution < 1.29 is 9.32 Å². The van der Waals surface area contributed by atoms with Crippen molar-refractivity contribution in [2.24, 2.45) is 5.92 Å². The number of nitrogens with zero attached hydrogens (tertiary/aromatic N) is 3. The highest BCUT2D eigenvalue weighted by Crippen LogP contribution is 2.38. The SMILES string of the molecule is Cc1onc2c1c(=O)n(C1CCC(CNC(=O)c3cccnc3)C1)c1cccc(Cl)c21. The van der Waals surface area contributed by atoms with Gasteiger partial charge in [-0.2, -0.15) is 0 Å². The van der Waals surface area contributed by atoms with E-state index in [1.165, 1.54) is 0 Å². The minimum atomic E-state index is -0.132. The van der Waals surface area contributed by atoms with E-state index in [0.717, 1.165) is 30.2 Å². The van der Waals surface area contributed by atoms with Crippen LogP contribution in [0.4, 0.5) is 0 Å². The maximum atomic E-state index is 13.4. The lowest BCUT2D eigenvalue weighted by Gasteiger charge is -2.18. The van der Waals surface area contributed by atoms with Gasteiger partial charge < -0.3 is 14.4 Å². The number of benzene rings is 1. The second-order valence-electron chi connectivity index (χ2n) is 8.06. The number of pyridine rings is 2. The zero-order valence-corrected chi connectivity index (χ0v) is 17.7. The molecule has 1 N–H and O–H groups in total. The van der Waals surface area contributed by atoms with Gasteiger partial charge in [-0.1, -0.05) is 22.8 Å². The van der Waals surface area contributed by atoms with E-state index < -0.39 is 0 Å². The molecule has 0 radical (unpaired) electrons. The summed E-state index contributed by atoms with van der Waals surface area (Å²) in [5.41, 5.74) is 1.72. The fourth-order valence-corrected chi connectivity index (χ4v) is 4.90. The summed E-state index contributed by atoms with van der Waals surface area (Å²) in [6, 6.07) is 9.06. The zero-order chi connectivity index (χ0) is 21.5. The fourth-order valence-electron chi connectivity index (χ4n) is 4.64. The Kier molecular flexibility index (Phi) is 4.98. The predicted octanol–water partition coefficient (Wildman–Crippen LogP) is 4.27. The number of hydrogen-bond acceptors (Lipinski definition) is 5. The first kappa shape index (κ1) is 19.8. The van der Waals surface area contributed by atoms with E-state index in [-0.39, 0.29) is 23.4 Å². The number of halogens is 1. The first-order valence-corrected chi connectivity index (χ1v) is 10.7. The molecule has 0 aliphatic heterocycles. The third-order valence-corrected chi connectivity index (χ3v) is 6.45. The first-order chi connectivity index (χ1) is 15.0. The van der Waals surface area contributed by atoms with E-state index >= 15 is 0 Å². The van der Waals surface area contributed by atoms with Crippen LogP contribution in [0.3, 0.4) is 0 Å². The van der Waals surface area contributed by atoms with E-state index in [0.29, 0.717) is 33.8 Å². The Hall–Kier alpha value is -3.19. The molecule has 0 spiro atoms. The van der Waals surface area contributed by atoms with Gasteiger partial charge in [0, 0.05) is 30.4 Å². The smallest absolute Gasteiger partial charge is 0.264 e. The van der Waals surface area contributed by atoms with Gasteiger partial charge in [-0.05, 0) is 56.4 Å². The second kappa shape index (κ2) is 7.81. The summed E-state index contributed by atoms with van der Waals surface area (Å²) in [4.78, 5) is 29.7. The van der Waals surface area contributed by atoms with Gasteiger partial charge >= 0.3 is 0 Å². The van der Waals surface area contributed by atoms with Crippen molar-refractivity contribution in [1.29, 1.82) is 0 Å². The van der Waals surface area contributed by atoms with E-state index in [9.17, 15) is 9.59 Å². The molecule has 3 heterocycles. The number of hydrogen-bond donors (Lipinski definition) is 1. The van der Waals surface area contributed by atoms with Crippen molar-refractivity contribution in [2.45, 2.75) is 32.2 Å². The van der Waals surface area contributed by atoms with E-state index in [1.807, 2.05) is 16.7 Å². The van der Waals surface area contributed by atoms with Crippen LogP contribution in [0.15, 0.2) is 52.0 Å². The molecule has 5 rings (SSSR count). The van der Waals surface area contributed by atoms with Crippen LogP contribution in [-0.2, 0) is 0 Å². The Bertz CT molecular complexity index is 1350. The van der Waals surface area contributed by atoms with Crippen LogP contribution in [0.1, 0.15) is 41.4 Å². The molecule has 3 aromatic heterocycles. The molecule has 0 bridgehead atoms. The Morgan fingerprint density at radius 3 is 2.94 bits per heavy atom. The molecule has 2 unspecified atom stereocenters. The van der Waals surface area contributed by atoms with Crippen LogP contribution in [0.25, 0.3) is 21.8 Å². The Labute approximate surface area is 183 Å². The normalized spacial score (nSPS) is 18.6. The average Bonchev–Trinajstić information content (AvgIpc) is 3.40. The van der Waals surface area contributed by atoms with E-state index in [4.69, 9.17) is 16.1 Å². The number of rotatable bonds is 4. The molecule has 2 atom stereocenters. The molecule has 1 saturated carbocycles. The molecule has 1 aromatic carbocycles. The monoisotopic (exact) mass is 436 g/mol. The van der Waals surface area contributed by atoms with Crippen LogP contribution < -0.4 is 10.9 Å². The van der Waals surface area contributed by atoms with Crippen molar-refractivity contribution in [3.05, 3.63) is 69.4 Å². The highest BCUT2D eigenvalue weighted by atomic mass is 35.5. The number of amides is 1. The van der Waals surface area contributed by atoms with Crippen molar-refractivity contribution in [2.75, 3.05) is 6.54 Å². The number of carbonyl (C=O) groups excluding carboxylic acids is 1. The summed E-state index contributed by atoms with van der Waals surface area (Å²) < 4.78 is 7.17. The van der Waals surface area contributed by atoms with Gasteiger partial charge in [-0.15, -0.1) is 0 Å². The fraction of sp³-hybridized carbons (Fsp3) is 0.304. The van der Waals surface area contributed by atoms with Crippen LogP contribution in [0.5, 0.6) is 0 Å². The highest BCUT2D eigenvalue weighted by molar-refractivity contribution is 6.37. The molecule has 1 aliphatic rings. The minimum Gasteiger partial charge on any atom is -0.360 e. The van der Waals surface area contributed by atoms with Crippen molar-refractivity contribution >= 4 is 39.3 Å². The Balaban J connectivity index is 1.44. The molecule has 8 heteroatoms. The molecule has 4 aromatic rings. The molecule has 1 aliphatic carbocycles. The summed E-state index contributed by atoms with van der Waals surface area (Å²) in [6.07, 6.45) is 5.77. The van der Waals surface area contributed by atoms with Crippen LogP contribution >= 0.6 is 11.6 Å². The number of carbonyl (C=O) groups is 1. The summed E-state index contributed by atoms with van der Waals surface area (Å²) in [7, 11) is 0. The Morgan fingerprint density at radius 2 is 2.13 bits per heavy atom. The Morgan fingerprint density at radius 1 is 1.26 bits per heavy atom. The maximum absolute atomic E-state index is 13.4. The van der Waals surface area contributed by atoms with Gasteiger partial charge in [-0.25, -0.2) is 0 Å². The van der Waals surface area contributed by atoms with Crippen molar-refractivity contribution in [3.63, 3.8) is 0 Å². The van der Waals surface area contributed by atoms with Gasteiger partial charge in [-0.3, -0.25) is 14.6 Å². The number of fused-ring (bicyclic) bond motifs is 3. The van der Waals surface area contributed by atoms with Crippen molar-refractivity contribution in [1.82, 2.24) is 20.0 Å². The molecular weight excluding hydrogens is 416 g/mol. The lowest BCUT2D eigenvalue weighted by Crippen LogP contribution is -2.29. The van der Waals surface area contributed by atoms with Crippen LogP contribution in [0.2, 0.25) is 5.02 Å². The predicted molar refractivity (Wildman–Crippen MR) is 118 cm³/mol. The molecule has 0 saturated heterocycles. The van der Waals surface area contributed by atoms with E-state index in [2.05, 4.69) is 15.5 Å². The van der Waals surface area contributed by atoms with Crippen molar-refractivity contribution in [3.8, 4) is 0 Å². The first-order valence-electron chi connectivity index (χ1n) is 10.3. The standard InChI is InChI=1S/C23H21ClN4O3/c1-13-19-21(27-31-13)20-17(24)5-2-6-18(20)28(23(19)30)16-8-7-14(10-16)11-26-22(29)15-4-3-9-25-12-15/h2-6,9,12,14,16H,7-8,10-11H2,1H3,(H,26,29). The summed E-state index contributed by atoms with van der Waals surface area (Å²) in [5, 5.41) is 8.86. The maximum Gasteiger partial charge on any atom is 0.264 e. The van der Waals surface area contributed by atoms with Gasteiger partial charge in [0.2, 0.25) is 0 Å². The molecular formula is C23H21ClN4O3. The van der Waals surface area contributed by atoms with Gasteiger partial charge in [0.15, 0.2) is 0 Å². The lowest BCUT2D eigenvalue weighted by molar-refractivity contribution is 0.0946. The number of aryl methyl sites for hydroxylation is 1. The average molecular weight is 437 g/mol. The largest absolute Gasteiger partial charge is 0.360 e. The topological polar surface area (TPSA) is 90.0 Å². The molecule has 31 heavy (non-hydrogen) atoms. The van der Waals surface area contributed by atoms with Gasteiger partial charge in [0.05, 0.1) is 16.1 Å². The zero-order valence-electron chi connectivity index (χ0n) is 17.0. The summed E-state index contributed by atoms with van der Waals surface area (Å²) in [5.74, 6) is 0.646. The van der Waals surface area contributed by atoms with Gasteiger partial charge in [0.1, 0.15) is 16.7 Å². The lowest BCUT2D eigenvalue weighted by atomic mass is 10.1. The van der Waals surface area contributed by atoms with E-state index in [1.54, 1.807) is 37.5 Å². The molecule has 1 amide bonds. The minimum absolute atomic E-state index is 0.0208. The number of aromatic nitrogens is 3.